The highest BCUT2D eigenvalue weighted by Crippen LogP contribution is 2.27. The highest BCUT2D eigenvalue weighted by molar-refractivity contribution is 5.92. The number of benzene rings is 1. The van der Waals surface area contributed by atoms with Crippen molar-refractivity contribution in [3.05, 3.63) is 41.5 Å². The minimum atomic E-state index is -0.309. The topological polar surface area (TPSA) is 26.3 Å². The van der Waals surface area contributed by atoms with E-state index in [1.807, 2.05) is 25.1 Å². The van der Waals surface area contributed by atoms with Gasteiger partial charge in [-0.1, -0.05) is 24.3 Å². The zero-order chi connectivity index (χ0) is 9.42. The lowest BCUT2D eigenvalue weighted by Gasteiger charge is -2.17. The maximum atomic E-state index is 11.1. The van der Waals surface area contributed by atoms with E-state index >= 15 is 0 Å². The number of fused-ring (bicyclic) bond motifs is 1. The van der Waals surface area contributed by atoms with Crippen LogP contribution in [0.2, 0.25) is 0 Å². The summed E-state index contributed by atoms with van der Waals surface area (Å²) in [7, 11) is 0. The Labute approximate surface area is 76.8 Å². The molecule has 0 radical (unpaired) electrons. The maximum absolute atomic E-state index is 11.1. The molecule has 0 aromatic heterocycles. The smallest absolute Gasteiger partial charge is 0.339 e. The molecule has 13 heavy (non-hydrogen) atoms. The molecule has 0 saturated carbocycles. The van der Waals surface area contributed by atoms with Gasteiger partial charge in [-0.3, -0.25) is 0 Å². The van der Waals surface area contributed by atoms with Crippen molar-refractivity contribution >= 4 is 5.97 Å². The summed E-state index contributed by atoms with van der Waals surface area (Å²) in [5.41, 5.74) is 2.74. The molecule has 2 heteroatoms. The molecule has 0 bridgehead atoms. The summed E-state index contributed by atoms with van der Waals surface area (Å²) in [6.07, 6.45) is 0.607. The molecule has 2 rings (SSSR count). The van der Waals surface area contributed by atoms with Crippen LogP contribution in [0.5, 0.6) is 5.75 Å². The third-order valence-corrected chi connectivity index (χ3v) is 2.11. The summed E-state index contributed by atoms with van der Waals surface area (Å²) < 4.78 is 5.06. The van der Waals surface area contributed by atoms with Crippen molar-refractivity contribution in [2.75, 3.05) is 0 Å². The van der Waals surface area contributed by atoms with Crippen molar-refractivity contribution in [1.82, 2.24) is 0 Å². The minimum absolute atomic E-state index is 0.309. The molecular weight excluding hydrogens is 164 g/mol. The molecule has 0 unspecified atom stereocenters. The summed E-state index contributed by atoms with van der Waals surface area (Å²) in [4.78, 5) is 11.1. The molecule has 0 spiro atoms. The van der Waals surface area contributed by atoms with E-state index in [1.165, 1.54) is 5.56 Å². The number of hydrogen-bond acceptors (Lipinski definition) is 2. The van der Waals surface area contributed by atoms with Gasteiger partial charge in [-0.2, -0.15) is 0 Å². The van der Waals surface area contributed by atoms with Crippen molar-refractivity contribution in [3.8, 4) is 5.75 Å². The molecule has 1 aliphatic rings. The average Bonchev–Trinajstić information content (AvgIpc) is 2.08. The summed E-state index contributed by atoms with van der Waals surface area (Å²) >= 11 is 0. The first-order chi connectivity index (χ1) is 6.16. The summed E-state index contributed by atoms with van der Waals surface area (Å²) in [6.45, 7) is 5.66. The minimum Gasteiger partial charge on any atom is -0.423 e. The monoisotopic (exact) mass is 174 g/mol. The van der Waals surface area contributed by atoms with Crippen molar-refractivity contribution in [2.45, 2.75) is 13.3 Å². The van der Waals surface area contributed by atoms with Gasteiger partial charge in [0.15, 0.2) is 0 Å². The fourth-order valence-electron chi connectivity index (χ4n) is 1.42. The van der Waals surface area contributed by atoms with Crippen LogP contribution in [-0.4, -0.2) is 5.97 Å². The molecule has 0 aliphatic carbocycles. The Morgan fingerprint density at radius 1 is 1.46 bits per heavy atom. The first-order valence-corrected chi connectivity index (χ1v) is 4.16. The van der Waals surface area contributed by atoms with Gasteiger partial charge in [0.05, 0.1) is 0 Å². The molecule has 1 aliphatic heterocycles. The van der Waals surface area contributed by atoms with Crippen LogP contribution in [0.1, 0.15) is 11.1 Å². The Morgan fingerprint density at radius 3 is 3.00 bits per heavy atom. The number of ether oxygens (including phenoxy) is 1. The number of rotatable bonds is 0. The van der Waals surface area contributed by atoms with E-state index in [-0.39, 0.29) is 5.97 Å². The number of aryl methyl sites for hydroxylation is 1. The third-order valence-electron chi connectivity index (χ3n) is 2.11. The Hall–Kier alpha value is -1.57. The Bertz CT molecular complexity index is 391. The SMILES string of the molecule is C=C1Cc2cc(C)ccc2OC1=O. The zero-order valence-electron chi connectivity index (χ0n) is 7.46. The summed E-state index contributed by atoms with van der Waals surface area (Å²) in [5, 5.41) is 0. The lowest BCUT2D eigenvalue weighted by atomic mass is 10.0. The normalized spacial score (nSPS) is 15.2. The lowest BCUT2D eigenvalue weighted by molar-refractivity contribution is -0.130. The predicted octanol–water partition coefficient (Wildman–Crippen LogP) is 2.01. The first kappa shape index (κ1) is 8.05. The van der Waals surface area contributed by atoms with Gasteiger partial charge in [0.25, 0.3) is 0 Å². The molecule has 1 aromatic carbocycles. The van der Waals surface area contributed by atoms with Crippen LogP contribution in [-0.2, 0) is 11.2 Å². The van der Waals surface area contributed by atoms with Crippen molar-refractivity contribution < 1.29 is 9.53 Å². The maximum Gasteiger partial charge on any atom is 0.339 e. The van der Waals surface area contributed by atoms with E-state index in [2.05, 4.69) is 6.58 Å². The molecule has 2 nitrogen and oxygen atoms in total. The van der Waals surface area contributed by atoms with Crippen LogP contribution in [0.3, 0.4) is 0 Å². The number of carbonyl (C=O) groups is 1. The summed E-state index contributed by atoms with van der Waals surface area (Å²) in [6, 6.07) is 5.78. The van der Waals surface area contributed by atoms with E-state index in [0.29, 0.717) is 17.7 Å². The zero-order valence-corrected chi connectivity index (χ0v) is 7.46. The predicted molar refractivity (Wildman–Crippen MR) is 49.7 cm³/mol. The van der Waals surface area contributed by atoms with Crippen LogP contribution in [0.15, 0.2) is 30.4 Å². The highest BCUT2D eigenvalue weighted by Gasteiger charge is 2.20. The Balaban J connectivity index is 2.48. The molecule has 1 aromatic rings. The van der Waals surface area contributed by atoms with Gasteiger partial charge in [-0.15, -0.1) is 0 Å². The van der Waals surface area contributed by atoms with Gasteiger partial charge in [-0.05, 0) is 18.6 Å². The van der Waals surface area contributed by atoms with E-state index in [9.17, 15) is 4.79 Å². The van der Waals surface area contributed by atoms with Crippen molar-refractivity contribution in [1.29, 1.82) is 0 Å². The molecule has 1 heterocycles. The molecule has 0 saturated heterocycles. The van der Waals surface area contributed by atoms with Gasteiger partial charge in [0.2, 0.25) is 0 Å². The molecule has 0 fully saturated rings. The van der Waals surface area contributed by atoms with Crippen LogP contribution < -0.4 is 4.74 Å². The molecule has 66 valence electrons. The Kier molecular flexibility index (Phi) is 1.69. The van der Waals surface area contributed by atoms with E-state index in [1.54, 1.807) is 0 Å². The van der Waals surface area contributed by atoms with Gasteiger partial charge >= 0.3 is 5.97 Å². The molecule has 0 atom stereocenters. The first-order valence-electron chi connectivity index (χ1n) is 4.16. The average molecular weight is 174 g/mol. The number of esters is 1. The second-order valence-electron chi connectivity index (χ2n) is 3.28. The van der Waals surface area contributed by atoms with E-state index in [4.69, 9.17) is 4.74 Å². The van der Waals surface area contributed by atoms with Gasteiger partial charge in [0, 0.05) is 12.0 Å². The molecular formula is C11H10O2. The summed E-state index contributed by atoms with van der Waals surface area (Å²) in [5.74, 6) is 0.361. The number of hydrogen-bond donors (Lipinski definition) is 0. The standard InChI is InChI=1S/C11H10O2/c1-7-3-4-10-9(5-7)6-8(2)11(12)13-10/h3-5H,2,6H2,1H3. The second-order valence-corrected chi connectivity index (χ2v) is 3.28. The van der Waals surface area contributed by atoms with Gasteiger partial charge < -0.3 is 4.74 Å². The van der Waals surface area contributed by atoms with Crippen LogP contribution in [0.4, 0.5) is 0 Å². The molecule has 0 amide bonds. The van der Waals surface area contributed by atoms with E-state index < -0.39 is 0 Å². The van der Waals surface area contributed by atoms with E-state index in [0.717, 1.165) is 5.56 Å². The second kappa shape index (κ2) is 2.73. The van der Waals surface area contributed by atoms with Crippen LogP contribution in [0.25, 0.3) is 0 Å². The largest absolute Gasteiger partial charge is 0.423 e. The van der Waals surface area contributed by atoms with Crippen molar-refractivity contribution in [2.24, 2.45) is 0 Å². The van der Waals surface area contributed by atoms with Gasteiger partial charge in [-0.25, -0.2) is 4.79 Å². The quantitative estimate of drug-likeness (QED) is 0.341. The number of carbonyl (C=O) groups excluding carboxylic acids is 1. The highest BCUT2D eigenvalue weighted by atomic mass is 16.5. The van der Waals surface area contributed by atoms with Crippen LogP contribution >= 0.6 is 0 Å². The third kappa shape index (κ3) is 1.35. The fourth-order valence-corrected chi connectivity index (χ4v) is 1.42. The van der Waals surface area contributed by atoms with Gasteiger partial charge in [0.1, 0.15) is 5.75 Å². The fraction of sp³-hybridized carbons (Fsp3) is 0.182. The van der Waals surface area contributed by atoms with Crippen molar-refractivity contribution in [3.63, 3.8) is 0 Å². The lowest BCUT2D eigenvalue weighted by Crippen LogP contribution is -2.18. The molecule has 0 N–H and O–H groups in total. The Morgan fingerprint density at radius 2 is 2.23 bits per heavy atom. The van der Waals surface area contributed by atoms with Crippen LogP contribution in [0, 0.1) is 6.92 Å².